The van der Waals surface area contributed by atoms with Crippen LogP contribution in [-0.2, 0) is 0 Å². The Bertz CT molecular complexity index is 1080. The van der Waals surface area contributed by atoms with E-state index >= 15 is 0 Å². The smallest absolute Gasteiger partial charge is 0.254 e. The molecule has 0 aliphatic carbocycles. The summed E-state index contributed by atoms with van der Waals surface area (Å²) in [5.41, 5.74) is 3.25. The lowest BCUT2D eigenvalue weighted by Gasteiger charge is -2.45. The third kappa shape index (κ3) is 5.00. The number of fused-ring (bicyclic) bond motifs is 1. The third-order valence-electron chi connectivity index (χ3n) is 5.68. The van der Waals surface area contributed by atoms with E-state index in [1.54, 1.807) is 18.1 Å². The van der Waals surface area contributed by atoms with Gasteiger partial charge in [0.15, 0.2) is 0 Å². The molecular weight excluding hydrogens is 404 g/mol. The molecule has 1 fully saturated rings. The maximum Gasteiger partial charge on any atom is 0.254 e. The number of carbonyl (C=O) groups excluding carboxylic acids is 1. The fraction of sp³-hybridized carbons (Fsp3) is 0.360. The van der Waals surface area contributed by atoms with Crippen LogP contribution in [0.15, 0.2) is 54.7 Å². The molecular formula is C25H30N4O3. The van der Waals surface area contributed by atoms with Crippen molar-refractivity contribution >= 4 is 28.2 Å². The molecule has 2 aromatic carbocycles. The summed E-state index contributed by atoms with van der Waals surface area (Å²) < 4.78 is 5.76. The van der Waals surface area contributed by atoms with Gasteiger partial charge in [0, 0.05) is 17.4 Å². The number of amides is 1. The van der Waals surface area contributed by atoms with Gasteiger partial charge >= 0.3 is 0 Å². The van der Waals surface area contributed by atoms with E-state index in [2.05, 4.69) is 24.1 Å². The largest absolute Gasteiger partial charge is 0.633 e. The lowest BCUT2D eigenvalue weighted by Crippen LogP contribution is -2.55. The quantitative estimate of drug-likeness (QED) is 0.459. The Morgan fingerprint density at radius 3 is 2.56 bits per heavy atom. The zero-order valence-electron chi connectivity index (χ0n) is 18.9. The number of quaternary nitrogens is 1. The van der Waals surface area contributed by atoms with Crippen LogP contribution >= 0.6 is 0 Å². The van der Waals surface area contributed by atoms with Crippen LogP contribution in [0.1, 0.15) is 24.2 Å². The molecule has 1 aromatic heterocycles. The molecule has 1 amide bonds. The first kappa shape index (κ1) is 22.0. The Labute approximate surface area is 188 Å². The predicted molar refractivity (Wildman–Crippen MR) is 127 cm³/mol. The van der Waals surface area contributed by atoms with E-state index < -0.39 is 0 Å². The fourth-order valence-electron chi connectivity index (χ4n) is 3.78. The zero-order chi connectivity index (χ0) is 22.7. The van der Waals surface area contributed by atoms with Gasteiger partial charge in [0.1, 0.15) is 5.75 Å². The van der Waals surface area contributed by atoms with E-state index in [0.717, 1.165) is 28.0 Å². The van der Waals surface area contributed by atoms with E-state index in [0.29, 0.717) is 44.3 Å². The number of hydroxylamine groups is 3. The van der Waals surface area contributed by atoms with E-state index in [9.17, 15) is 10.0 Å². The van der Waals surface area contributed by atoms with Gasteiger partial charge in [-0.2, -0.15) is 0 Å². The minimum atomic E-state index is -0.282. The monoisotopic (exact) mass is 434 g/mol. The average molecular weight is 435 g/mol. The van der Waals surface area contributed by atoms with Crippen molar-refractivity contribution in [1.82, 2.24) is 9.88 Å². The van der Waals surface area contributed by atoms with Crippen LogP contribution in [-0.4, -0.2) is 60.3 Å². The number of anilines is 2. The molecule has 7 heteroatoms. The number of ether oxygens (including phenoxy) is 1. The molecule has 1 aliphatic rings. The summed E-state index contributed by atoms with van der Waals surface area (Å²) in [6, 6.07) is 15.2. The van der Waals surface area contributed by atoms with Crippen LogP contribution in [0.5, 0.6) is 5.75 Å². The van der Waals surface area contributed by atoms with Gasteiger partial charge in [0.25, 0.3) is 5.91 Å². The SMILES string of the molecule is CC(C)COc1cccc2nccc(Nc3ccc(C(=O)N4CC[N+](C)([O-])CC4)cc3)c12. The number of piperazine rings is 1. The minimum Gasteiger partial charge on any atom is -0.633 e. The average Bonchev–Trinajstić information content (AvgIpc) is 2.78. The molecule has 3 aromatic rings. The highest BCUT2D eigenvalue weighted by molar-refractivity contribution is 5.98. The van der Waals surface area contributed by atoms with Crippen LogP contribution in [0.3, 0.4) is 0 Å². The van der Waals surface area contributed by atoms with Crippen LogP contribution in [0.25, 0.3) is 10.9 Å². The first-order valence-corrected chi connectivity index (χ1v) is 11.0. The molecule has 168 valence electrons. The van der Waals surface area contributed by atoms with Gasteiger partial charge in [-0.25, -0.2) is 0 Å². The standard InChI is InChI=1S/C25H30N4O3/c1-18(2)17-32-23-6-4-5-21-24(23)22(11-12-26-21)27-20-9-7-19(8-10-20)25(30)28-13-15-29(3,31)16-14-28/h4-12,18H,13-17H2,1-3H3,(H,26,27). The lowest BCUT2D eigenvalue weighted by atomic mass is 10.1. The number of nitrogens with zero attached hydrogens (tertiary/aromatic N) is 3. The molecule has 0 radical (unpaired) electrons. The van der Waals surface area contributed by atoms with Gasteiger partial charge in [0.2, 0.25) is 0 Å². The molecule has 1 N–H and O–H groups in total. The topological polar surface area (TPSA) is 77.5 Å². The number of nitrogens with one attached hydrogen (secondary N) is 1. The van der Waals surface area contributed by atoms with Crippen molar-refractivity contribution in [1.29, 1.82) is 0 Å². The second kappa shape index (κ2) is 9.14. The van der Waals surface area contributed by atoms with Gasteiger partial charge in [-0.3, -0.25) is 9.78 Å². The van der Waals surface area contributed by atoms with E-state index in [1.807, 2.05) is 48.5 Å². The summed E-state index contributed by atoms with van der Waals surface area (Å²) in [7, 11) is 1.66. The van der Waals surface area contributed by atoms with Gasteiger partial charge < -0.3 is 24.8 Å². The highest BCUT2D eigenvalue weighted by Gasteiger charge is 2.25. The Kier molecular flexibility index (Phi) is 6.30. The van der Waals surface area contributed by atoms with E-state index in [-0.39, 0.29) is 10.6 Å². The van der Waals surface area contributed by atoms with Crippen molar-refractivity contribution in [2.24, 2.45) is 5.92 Å². The van der Waals surface area contributed by atoms with Crippen LogP contribution in [0.2, 0.25) is 0 Å². The highest BCUT2D eigenvalue weighted by Crippen LogP contribution is 2.33. The van der Waals surface area contributed by atoms with Crippen molar-refractivity contribution in [2.75, 3.05) is 45.2 Å². The highest BCUT2D eigenvalue weighted by atomic mass is 16.5. The Balaban J connectivity index is 1.52. The van der Waals surface area contributed by atoms with Gasteiger partial charge in [-0.1, -0.05) is 19.9 Å². The lowest BCUT2D eigenvalue weighted by molar-refractivity contribution is -0.864. The van der Waals surface area contributed by atoms with E-state index in [4.69, 9.17) is 4.74 Å². The molecule has 2 heterocycles. The van der Waals surface area contributed by atoms with Crippen molar-refractivity contribution in [2.45, 2.75) is 13.8 Å². The predicted octanol–water partition coefficient (Wildman–Crippen LogP) is 4.41. The number of pyridine rings is 1. The number of rotatable bonds is 6. The molecule has 1 aliphatic heterocycles. The molecule has 4 rings (SSSR count). The molecule has 0 bridgehead atoms. The molecule has 1 saturated heterocycles. The normalized spacial score (nSPS) is 15.7. The fourth-order valence-corrected chi connectivity index (χ4v) is 3.78. The van der Waals surface area contributed by atoms with E-state index in [1.165, 1.54) is 0 Å². The number of benzene rings is 2. The summed E-state index contributed by atoms with van der Waals surface area (Å²) in [5.74, 6) is 1.19. The number of likely N-dealkylation sites (N-methyl/N-ethyl adjacent to an activating group) is 1. The van der Waals surface area contributed by atoms with Crippen molar-refractivity contribution < 1.29 is 14.2 Å². The summed E-state index contributed by atoms with van der Waals surface area (Å²) in [6.07, 6.45) is 1.77. The zero-order valence-corrected chi connectivity index (χ0v) is 18.9. The molecule has 0 unspecified atom stereocenters. The minimum absolute atomic E-state index is 0.0324. The Morgan fingerprint density at radius 1 is 1.16 bits per heavy atom. The van der Waals surface area contributed by atoms with Gasteiger partial charge in [-0.05, 0) is 48.4 Å². The summed E-state index contributed by atoms with van der Waals surface area (Å²) in [4.78, 5) is 19.0. The van der Waals surface area contributed by atoms with Gasteiger partial charge in [0.05, 0.1) is 56.4 Å². The van der Waals surface area contributed by atoms with Gasteiger partial charge in [-0.15, -0.1) is 0 Å². The number of hydrogen-bond acceptors (Lipinski definition) is 5. The Morgan fingerprint density at radius 2 is 1.88 bits per heavy atom. The van der Waals surface area contributed by atoms with Crippen LogP contribution < -0.4 is 10.1 Å². The number of carbonyl (C=O) groups is 1. The second-order valence-corrected chi connectivity index (χ2v) is 8.95. The summed E-state index contributed by atoms with van der Waals surface area (Å²) in [6.45, 7) is 6.71. The van der Waals surface area contributed by atoms with Crippen molar-refractivity contribution in [3.63, 3.8) is 0 Å². The molecule has 7 nitrogen and oxygen atoms in total. The Hall–Kier alpha value is -3.16. The second-order valence-electron chi connectivity index (χ2n) is 8.95. The van der Waals surface area contributed by atoms with Crippen LogP contribution in [0, 0.1) is 11.1 Å². The summed E-state index contributed by atoms with van der Waals surface area (Å²) in [5, 5.41) is 16.4. The number of aromatic nitrogens is 1. The number of hydrogen-bond donors (Lipinski definition) is 1. The van der Waals surface area contributed by atoms with Crippen LogP contribution in [0.4, 0.5) is 11.4 Å². The molecule has 0 atom stereocenters. The third-order valence-corrected chi connectivity index (χ3v) is 5.68. The van der Waals surface area contributed by atoms with Crippen molar-refractivity contribution in [3.8, 4) is 5.75 Å². The first-order chi connectivity index (χ1) is 15.3. The maximum atomic E-state index is 12.8. The maximum absolute atomic E-state index is 12.8. The first-order valence-electron chi connectivity index (χ1n) is 11.0. The molecule has 32 heavy (non-hydrogen) atoms. The molecule has 0 spiro atoms. The summed E-state index contributed by atoms with van der Waals surface area (Å²) >= 11 is 0. The molecule has 0 saturated carbocycles. The van der Waals surface area contributed by atoms with Crippen molar-refractivity contribution in [3.05, 3.63) is 65.5 Å².